The molecule has 0 aromatic heterocycles. The molecule has 5 N–H and O–H groups in total. The van der Waals surface area contributed by atoms with Gasteiger partial charge in [0.05, 0.1) is 11.3 Å². The minimum atomic E-state index is -2.33. The van der Waals surface area contributed by atoms with Gasteiger partial charge in [-0.2, -0.15) is 0 Å². The van der Waals surface area contributed by atoms with E-state index in [0.717, 1.165) is 0 Å². The third-order valence-electron chi connectivity index (χ3n) is 4.79. The maximum absolute atomic E-state index is 12.8. The van der Waals surface area contributed by atoms with Crippen LogP contribution in [-0.2, 0) is 14.3 Å². The van der Waals surface area contributed by atoms with Crippen molar-refractivity contribution in [3.05, 3.63) is 59.2 Å². The lowest BCUT2D eigenvalue weighted by Crippen LogP contribution is -2.60. The normalized spacial score (nSPS) is 28.0. The molecule has 0 aliphatic carbocycles. The molecule has 1 aliphatic heterocycles. The summed E-state index contributed by atoms with van der Waals surface area (Å²) in [7, 11) is 0. The van der Waals surface area contributed by atoms with Crippen molar-refractivity contribution in [2.75, 3.05) is 5.32 Å². The molecule has 9 heteroatoms. The molecule has 2 aromatic carbocycles. The highest BCUT2D eigenvalue weighted by Crippen LogP contribution is 2.28. The largest absolute Gasteiger partial charge is 0.479 e. The van der Waals surface area contributed by atoms with Crippen molar-refractivity contribution in [2.45, 2.75) is 44.5 Å². The fourth-order valence-electron chi connectivity index (χ4n) is 3.00. The fourth-order valence-corrected chi connectivity index (χ4v) is 3.00. The summed E-state index contributed by atoms with van der Waals surface area (Å²) in [6.07, 6.45) is -9.51. The first-order chi connectivity index (χ1) is 15.4. The van der Waals surface area contributed by atoms with Crippen LogP contribution in [0.2, 0.25) is 0 Å². The van der Waals surface area contributed by atoms with E-state index in [1.54, 1.807) is 25.1 Å². The van der Waals surface area contributed by atoms with Crippen LogP contribution in [0, 0.1) is 13.8 Å². The summed E-state index contributed by atoms with van der Waals surface area (Å²) in [5, 5.41) is 41.8. The number of hydrogen-bond acceptors (Lipinski definition) is 8. The summed E-state index contributed by atoms with van der Waals surface area (Å²) in [4.78, 5) is 24.0. The number of ether oxygens (including phenoxy) is 2. The zero-order valence-corrected chi connectivity index (χ0v) is 15.9. The molecule has 0 saturated carbocycles. The molecular weight excluding hydrogens is 394 g/mol. The summed E-state index contributed by atoms with van der Waals surface area (Å²) in [5.74, 6) is -2.62. The van der Waals surface area contributed by atoms with E-state index < -0.39 is 49.5 Å². The van der Waals surface area contributed by atoms with Gasteiger partial charge in [-0.15, -0.1) is 0 Å². The Balaban J connectivity index is 1.85. The molecule has 5 atom stereocenters. The Morgan fingerprint density at radius 2 is 1.73 bits per heavy atom. The molecule has 0 radical (unpaired) electrons. The first-order valence-corrected chi connectivity index (χ1v) is 9.01. The lowest BCUT2D eigenvalue weighted by molar-refractivity contribution is -0.278. The Labute approximate surface area is 176 Å². The second-order valence-electron chi connectivity index (χ2n) is 6.79. The molecule has 30 heavy (non-hydrogen) atoms. The lowest BCUT2D eigenvalue weighted by atomic mass is 9.99. The first-order valence-electron chi connectivity index (χ1n) is 10.5. The van der Waals surface area contributed by atoms with Crippen LogP contribution in [-0.4, -0.2) is 63.1 Å². The maximum atomic E-state index is 12.8. The van der Waals surface area contributed by atoms with Crippen LogP contribution in [0.4, 0.5) is 11.4 Å². The summed E-state index contributed by atoms with van der Waals surface area (Å²) in [6, 6.07) is 10.8. The SMILES string of the molecule is [2H]C([2H])([2H])c1cccc(Nc2ccccc2C(=O)OC2OC(C(=O)O)C(O)C(O)C2O)c1C. The van der Waals surface area contributed by atoms with Crippen molar-refractivity contribution in [1.29, 1.82) is 0 Å². The molecule has 1 heterocycles. The first kappa shape index (κ1) is 17.8. The van der Waals surface area contributed by atoms with Crippen molar-refractivity contribution in [3.8, 4) is 0 Å². The number of rotatable bonds is 5. The summed E-state index contributed by atoms with van der Waals surface area (Å²) in [6.45, 7) is -0.712. The van der Waals surface area contributed by atoms with Gasteiger partial charge in [-0.3, -0.25) is 0 Å². The summed E-state index contributed by atoms with van der Waals surface area (Å²) in [5.41, 5.74) is 1.24. The minimum Gasteiger partial charge on any atom is -0.479 e. The molecule has 0 spiro atoms. The summed E-state index contributed by atoms with van der Waals surface area (Å²) >= 11 is 0. The van der Waals surface area contributed by atoms with E-state index >= 15 is 0 Å². The molecule has 1 fully saturated rings. The standard InChI is InChI=1S/C21H23NO8/c1-10-6-5-9-13(11(10)2)22-14-8-4-3-7-12(14)20(28)30-21-17(25)15(23)16(24)18(29-21)19(26)27/h3-9,15-18,21-25H,1-2H3,(H,26,27)/i1D3. The number of aliphatic hydroxyl groups excluding tert-OH is 3. The highest BCUT2D eigenvalue weighted by molar-refractivity contribution is 5.96. The predicted octanol–water partition coefficient (Wildman–Crippen LogP) is 1.10. The number of aliphatic carboxylic acids is 1. The van der Waals surface area contributed by atoms with Gasteiger partial charge in [0.15, 0.2) is 6.10 Å². The van der Waals surface area contributed by atoms with Gasteiger partial charge in [-0.05, 0) is 43.1 Å². The van der Waals surface area contributed by atoms with Gasteiger partial charge in [0.2, 0.25) is 6.29 Å². The minimum absolute atomic E-state index is 0.0283. The Kier molecular flexibility index (Phi) is 5.23. The number of aliphatic hydroxyl groups is 3. The van der Waals surface area contributed by atoms with E-state index in [-0.39, 0.29) is 16.8 Å². The van der Waals surface area contributed by atoms with Crippen LogP contribution in [0.5, 0.6) is 0 Å². The molecule has 0 amide bonds. The second kappa shape index (κ2) is 8.80. The highest BCUT2D eigenvalue weighted by Gasteiger charge is 2.48. The number of carbonyl (C=O) groups is 2. The van der Waals surface area contributed by atoms with E-state index in [0.29, 0.717) is 11.3 Å². The third-order valence-corrected chi connectivity index (χ3v) is 4.79. The average Bonchev–Trinajstić information content (AvgIpc) is 2.74. The van der Waals surface area contributed by atoms with Gasteiger partial charge < -0.3 is 35.2 Å². The van der Waals surface area contributed by atoms with E-state index in [1.807, 2.05) is 0 Å². The molecule has 160 valence electrons. The number of benzene rings is 2. The second-order valence-corrected chi connectivity index (χ2v) is 6.79. The van der Waals surface area contributed by atoms with Crippen molar-refractivity contribution in [3.63, 3.8) is 0 Å². The topological polar surface area (TPSA) is 146 Å². The number of nitrogens with one attached hydrogen (secondary N) is 1. The van der Waals surface area contributed by atoms with Crippen molar-refractivity contribution >= 4 is 23.3 Å². The van der Waals surface area contributed by atoms with Crippen LogP contribution < -0.4 is 5.32 Å². The van der Waals surface area contributed by atoms with Crippen LogP contribution in [0.1, 0.15) is 25.6 Å². The zero-order valence-electron chi connectivity index (χ0n) is 18.9. The van der Waals surface area contributed by atoms with E-state index in [2.05, 4.69) is 5.32 Å². The van der Waals surface area contributed by atoms with Gasteiger partial charge in [-0.25, -0.2) is 9.59 Å². The monoisotopic (exact) mass is 420 g/mol. The molecular formula is C21H23NO8. The molecule has 0 bridgehead atoms. The molecule has 2 aromatic rings. The van der Waals surface area contributed by atoms with Gasteiger partial charge in [-0.1, -0.05) is 24.3 Å². The van der Waals surface area contributed by atoms with Crippen LogP contribution in [0.3, 0.4) is 0 Å². The number of aryl methyl sites for hydroxylation is 1. The van der Waals surface area contributed by atoms with E-state index in [9.17, 15) is 24.9 Å². The smallest absolute Gasteiger partial charge is 0.342 e. The molecule has 5 unspecified atom stereocenters. The van der Waals surface area contributed by atoms with Crippen LogP contribution >= 0.6 is 0 Å². The number of para-hydroxylation sites is 1. The zero-order chi connectivity index (χ0) is 24.5. The van der Waals surface area contributed by atoms with Gasteiger partial charge in [0.1, 0.15) is 18.3 Å². The average molecular weight is 420 g/mol. The Hall–Kier alpha value is -2.98. The highest BCUT2D eigenvalue weighted by atomic mass is 16.7. The predicted molar refractivity (Wildman–Crippen MR) is 105 cm³/mol. The molecule has 1 aliphatic rings. The third kappa shape index (κ3) is 4.29. The number of hydrogen-bond donors (Lipinski definition) is 5. The quantitative estimate of drug-likeness (QED) is 0.449. The Bertz CT molecular complexity index is 1040. The molecule has 9 nitrogen and oxygen atoms in total. The maximum Gasteiger partial charge on any atom is 0.342 e. The molecule has 1 saturated heterocycles. The van der Waals surface area contributed by atoms with Gasteiger partial charge >= 0.3 is 11.9 Å². The fraction of sp³-hybridized carbons (Fsp3) is 0.333. The number of carbonyl (C=O) groups excluding carboxylic acids is 1. The number of carboxylic acid groups (broad SMARTS) is 1. The van der Waals surface area contributed by atoms with Crippen LogP contribution in [0.25, 0.3) is 0 Å². The Morgan fingerprint density at radius 3 is 2.43 bits per heavy atom. The van der Waals surface area contributed by atoms with Crippen molar-refractivity contribution in [1.82, 2.24) is 0 Å². The van der Waals surface area contributed by atoms with E-state index in [1.165, 1.54) is 24.3 Å². The van der Waals surface area contributed by atoms with Crippen LogP contribution in [0.15, 0.2) is 42.5 Å². The van der Waals surface area contributed by atoms with E-state index in [4.69, 9.17) is 18.7 Å². The molecule has 3 rings (SSSR count). The summed E-state index contributed by atoms with van der Waals surface area (Å²) < 4.78 is 33.0. The number of esters is 1. The Morgan fingerprint density at radius 1 is 1.03 bits per heavy atom. The lowest BCUT2D eigenvalue weighted by Gasteiger charge is -2.38. The number of anilines is 2. The van der Waals surface area contributed by atoms with Gasteiger partial charge in [0, 0.05) is 9.80 Å². The number of carboxylic acids is 1. The van der Waals surface area contributed by atoms with Crippen molar-refractivity contribution in [2.24, 2.45) is 0 Å². The van der Waals surface area contributed by atoms with Gasteiger partial charge in [0.25, 0.3) is 0 Å². The van der Waals surface area contributed by atoms with Crippen molar-refractivity contribution < 1.29 is 43.6 Å².